The van der Waals surface area contributed by atoms with Crippen LogP contribution in [0.3, 0.4) is 0 Å². The highest BCUT2D eigenvalue weighted by Gasteiger charge is 2.08. The third-order valence-electron chi connectivity index (χ3n) is 2.80. The molecule has 0 saturated carbocycles. The van der Waals surface area contributed by atoms with Gasteiger partial charge in [-0.05, 0) is 32.5 Å². The van der Waals surface area contributed by atoms with Crippen LogP contribution in [0.2, 0.25) is 0 Å². The van der Waals surface area contributed by atoms with E-state index in [1.807, 2.05) is 31.7 Å². The Morgan fingerprint density at radius 1 is 1.32 bits per heavy atom. The Morgan fingerprint density at radius 2 is 2.16 bits per heavy atom. The van der Waals surface area contributed by atoms with Crippen molar-refractivity contribution in [3.05, 3.63) is 35.4 Å². The van der Waals surface area contributed by atoms with Gasteiger partial charge in [0.15, 0.2) is 5.16 Å². The summed E-state index contributed by atoms with van der Waals surface area (Å²) in [7, 11) is 3.91. The lowest BCUT2D eigenvalue weighted by atomic mass is 10.3. The van der Waals surface area contributed by atoms with E-state index in [4.69, 9.17) is 0 Å². The fourth-order valence-corrected chi connectivity index (χ4v) is 2.66. The van der Waals surface area contributed by atoms with Crippen molar-refractivity contribution in [2.24, 2.45) is 7.05 Å². The Labute approximate surface area is 117 Å². The van der Waals surface area contributed by atoms with Crippen molar-refractivity contribution in [1.82, 2.24) is 25.1 Å². The molecule has 0 radical (unpaired) electrons. The van der Waals surface area contributed by atoms with E-state index >= 15 is 0 Å². The van der Waals surface area contributed by atoms with E-state index in [1.54, 1.807) is 11.8 Å². The molecule has 5 nitrogen and oxygen atoms in total. The molecule has 0 amide bonds. The topological polar surface area (TPSA) is 55.6 Å². The number of nitrogens with one attached hydrogen (secondary N) is 1. The predicted octanol–water partition coefficient (Wildman–Crippen LogP) is 1.57. The van der Waals surface area contributed by atoms with Crippen LogP contribution in [0.15, 0.2) is 23.4 Å². The minimum atomic E-state index is 0.740. The molecule has 2 aromatic heterocycles. The molecule has 0 aliphatic rings. The number of hydrogen-bond donors (Lipinski definition) is 1. The van der Waals surface area contributed by atoms with Gasteiger partial charge >= 0.3 is 0 Å². The predicted molar refractivity (Wildman–Crippen MR) is 77.2 cm³/mol. The fraction of sp³-hybridized carbons (Fsp3) is 0.462. The molecular formula is C13H19N5S. The summed E-state index contributed by atoms with van der Waals surface area (Å²) in [6.07, 6.45) is 0.945. The highest BCUT2D eigenvalue weighted by atomic mass is 32.2. The number of hydrogen-bond acceptors (Lipinski definition) is 5. The van der Waals surface area contributed by atoms with Gasteiger partial charge in [-0.1, -0.05) is 17.8 Å². The maximum atomic E-state index is 4.50. The van der Waals surface area contributed by atoms with Gasteiger partial charge in [0.05, 0.1) is 6.54 Å². The van der Waals surface area contributed by atoms with Crippen molar-refractivity contribution in [1.29, 1.82) is 0 Å². The van der Waals surface area contributed by atoms with E-state index in [0.29, 0.717) is 0 Å². The van der Waals surface area contributed by atoms with Crippen LogP contribution < -0.4 is 5.32 Å². The number of aryl methyl sites for hydroxylation is 2. The molecule has 2 aromatic rings. The number of aromatic nitrogens is 4. The van der Waals surface area contributed by atoms with E-state index < -0.39 is 0 Å². The molecule has 19 heavy (non-hydrogen) atoms. The monoisotopic (exact) mass is 277 g/mol. The molecule has 0 unspecified atom stereocenters. The van der Waals surface area contributed by atoms with E-state index in [1.165, 1.54) is 0 Å². The summed E-state index contributed by atoms with van der Waals surface area (Å²) in [6.45, 7) is 2.76. The molecule has 2 heterocycles. The molecular weight excluding hydrogens is 258 g/mol. The SMILES string of the molecule is CNCc1nnc(SCCc2cccc(C)n2)n1C. The van der Waals surface area contributed by atoms with Gasteiger partial charge in [-0.3, -0.25) is 4.98 Å². The quantitative estimate of drug-likeness (QED) is 0.812. The first-order valence-electron chi connectivity index (χ1n) is 6.29. The van der Waals surface area contributed by atoms with E-state index in [2.05, 4.69) is 32.6 Å². The van der Waals surface area contributed by atoms with Crippen LogP contribution in [-0.4, -0.2) is 32.5 Å². The van der Waals surface area contributed by atoms with Crippen molar-refractivity contribution in [2.75, 3.05) is 12.8 Å². The van der Waals surface area contributed by atoms with Gasteiger partial charge in [0.2, 0.25) is 0 Å². The summed E-state index contributed by atoms with van der Waals surface area (Å²) in [4.78, 5) is 4.50. The Bertz CT molecular complexity index is 538. The summed E-state index contributed by atoms with van der Waals surface area (Å²) in [5, 5.41) is 12.4. The molecule has 1 N–H and O–H groups in total. The van der Waals surface area contributed by atoms with Crippen LogP contribution in [0.5, 0.6) is 0 Å². The molecule has 102 valence electrons. The van der Waals surface area contributed by atoms with Crippen LogP contribution in [0.1, 0.15) is 17.2 Å². The van der Waals surface area contributed by atoms with Crippen molar-refractivity contribution < 1.29 is 0 Å². The van der Waals surface area contributed by atoms with Crippen LogP contribution in [-0.2, 0) is 20.0 Å². The highest BCUT2D eigenvalue weighted by molar-refractivity contribution is 7.99. The average molecular weight is 277 g/mol. The standard InChI is InChI=1S/C13H19N5S/c1-10-5-4-6-11(15-10)7-8-19-13-17-16-12(9-14-2)18(13)3/h4-6,14H,7-9H2,1-3H3. The number of nitrogens with zero attached hydrogens (tertiary/aromatic N) is 4. The Balaban J connectivity index is 1.89. The van der Waals surface area contributed by atoms with Gasteiger partial charge in [-0.25, -0.2) is 0 Å². The van der Waals surface area contributed by atoms with Gasteiger partial charge in [-0.15, -0.1) is 10.2 Å². The van der Waals surface area contributed by atoms with Crippen molar-refractivity contribution in [2.45, 2.75) is 25.0 Å². The van der Waals surface area contributed by atoms with Gasteiger partial charge in [-0.2, -0.15) is 0 Å². The van der Waals surface area contributed by atoms with Crippen molar-refractivity contribution in [3.63, 3.8) is 0 Å². The summed E-state index contributed by atoms with van der Waals surface area (Å²) in [5.41, 5.74) is 2.20. The minimum Gasteiger partial charge on any atom is -0.313 e. The largest absolute Gasteiger partial charge is 0.313 e. The molecule has 0 aromatic carbocycles. The first-order chi connectivity index (χ1) is 9.20. The van der Waals surface area contributed by atoms with E-state index in [-0.39, 0.29) is 0 Å². The van der Waals surface area contributed by atoms with Crippen LogP contribution in [0, 0.1) is 6.92 Å². The molecule has 6 heteroatoms. The fourth-order valence-electron chi connectivity index (χ4n) is 1.77. The maximum absolute atomic E-state index is 4.50. The molecule has 2 rings (SSSR count). The lowest BCUT2D eigenvalue weighted by molar-refractivity contribution is 0.682. The first-order valence-corrected chi connectivity index (χ1v) is 7.27. The Hall–Kier alpha value is -1.40. The first kappa shape index (κ1) is 14.0. The molecule has 0 bridgehead atoms. The zero-order valence-electron chi connectivity index (χ0n) is 11.6. The number of rotatable bonds is 6. The third kappa shape index (κ3) is 3.78. The van der Waals surface area contributed by atoms with E-state index in [0.717, 1.165) is 41.1 Å². The van der Waals surface area contributed by atoms with Gasteiger partial charge in [0.1, 0.15) is 5.82 Å². The van der Waals surface area contributed by atoms with Gasteiger partial charge in [0, 0.05) is 24.2 Å². The third-order valence-corrected chi connectivity index (χ3v) is 3.82. The average Bonchev–Trinajstić information content (AvgIpc) is 2.72. The van der Waals surface area contributed by atoms with Crippen LogP contribution >= 0.6 is 11.8 Å². The lowest BCUT2D eigenvalue weighted by Gasteiger charge is -2.03. The summed E-state index contributed by atoms with van der Waals surface area (Å²) < 4.78 is 2.03. The summed E-state index contributed by atoms with van der Waals surface area (Å²) >= 11 is 1.72. The molecule has 0 saturated heterocycles. The molecule has 0 atom stereocenters. The smallest absolute Gasteiger partial charge is 0.190 e. The highest BCUT2D eigenvalue weighted by Crippen LogP contribution is 2.16. The second kappa shape index (κ2) is 6.68. The zero-order chi connectivity index (χ0) is 13.7. The number of thioether (sulfide) groups is 1. The summed E-state index contributed by atoms with van der Waals surface area (Å²) in [5.74, 6) is 1.92. The Kier molecular flexibility index (Phi) is 4.93. The zero-order valence-corrected chi connectivity index (χ0v) is 12.4. The van der Waals surface area contributed by atoms with Crippen molar-refractivity contribution in [3.8, 4) is 0 Å². The second-order valence-corrected chi connectivity index (χ2v) is 5.42. The summed E-state index contributed by atoms with van der Waals surface area (Å²) in [6, 6.07) is 6.13. The van der Waals surface area contributed by atoms with Crippen LogP contribution in [0.4, 0.5) is 0 Å². The lowest BCUT2D eigenvalue weighted by Crippen LogP contribution is -2.10. The van der Waals surface area contributed by atoms with Gasteiger partial charge < -0.3 is 9.88 Å². The maximum Gasteiger partial charge on any atom is 0.190 e. The van der Waals surface area contributed by atoms with E-state index in [9.17, 15) is 0 Å². The van der Waals surface area contributed by atoms with Crippen molar-refractivity contribution >= 4 is 11.8 Å². The second-order valence-electron chi connectivity index (χ2n) is 4.36. The molecule has 0 aliphatic heterocycles. The van der Waals surface area contributed by atoms with Crippen LogP contribution in [0.25, 0.3) is 0 Å². The van der Waals surface area contributed by atoms with Gasteiger partial charge in [0.25, 0.3) is 0 Å². The molecule has 0 spiro atoms. The number of pyridine rings is 1. The normalized spacial score (nSPS) is 10.9. The Morgan fingerprint density at radius 3 is 2.89 bits per heavy atom. The minimum absolute atomic E-state index is 0.740. The molecule has 0 aliphatic carbocycles. The molecule has 0 fully saturated rings.